The van der Waals surface area contributed by atoms with E-state index < -0.39 is 9.84 Å². The predicted molar refractivity (Wildman–Crippen MR) is 204 cm³/mol. The van der Waals surface area contributed by atoms with E-state index in [-0.39, 0.29) is 39.6 Å². The smallest absolute Gasteiger partial charge is 0.159 e. The fourth-order valence-electron chi connectivity index (χ4n) is 14.1. The van der Waals surface area contributed by atoms with Crippen molar-refractivity contribution in [3.05, 3.63) is 41.5 Å². The van der Waals surface area contributed by atoms with Crippen LogP contribution in [0.3, 0.4) is 0 Å². The maximum atomic E-state index is 12.0. The van der Waals surface area contributed by atoms with Crippen molar-refractivity contribution in [3.63, 3.8) is 0 Å². The van der Waals surface area contributed by atoms with Crippen LogP contribution in [0.2, 0.25) is 0 Å². The molecule has 2 N–H and O–H groups in total. The highest BCUT2D eigenvalue weighted by Crippen LogP contribution is 2.76. The molecule has 10 atom stereocenters. The quantitative estimate of drug-likeness (QED) is 0.270. The van der Waals surface area contributed by atoms with Gasteiger partial charge in [0.15, 0.2) is 15.6 Å². The molecule has 1 aromatic carbocycles. The van der Waals surface area contributed by atoms with Gasteiger partial charge in [-0.15, -0.1) is 0 Å². The van der Waals surface area contributed by atoms with E-state index in [1.807, 2.05) is 12.1 Å². The molecule has 1 aliphatic heterocycles. The Morgan fingerprint density at radius 3 is 2.28 bits per heavy atom. The Morgan fingerprint density at radius 2 is 1.62 bits per heavy atom. The first-order chi connectivity index (χ1) is 23.5. The van der Waals surface area contributed by atoms with E-state index in [1.54, 1.807) is 6.92 Å². The molecule has 10 unspecified atom stereocenters. The maximum absolute atomic E-state index is 12.0. The summed E-state index contributed by atoms with van der Waals surface area (Å²) >= 11 is 0. The third-order valence-corrected chi connectivity index (χ3v) is 18.6. The number of nitrogens with one attached hydrogen (secondary N) is 1. The van der Waals surface area contributed by atoms with Crippen molar-refractivity contribution in [1.82, 2.24) is 10.2 Å². The summed E-state index contributed by atoms with van der Waals surface area (Å²) in [6.45, 7) is 20.4. The number of carbonyl (C=O) groups is 1. The maximum Gasteiger partial charge on any atom is 0.159 e. The first-order valence-electron chi connectivity index (χ1n) is 20.1. The van der Waals surface area contributed by atoms with Crippen LogP contribution in [-0.2, 0) is 9.84 Å². The Labute approximate surface area is 303 Å². The van der Waals surface area contributed by atoms with Gasteiger partial charge in [0.25, 0.3) is 0 Å². The summed E-state index contributed by atoms with van der Waals surface area (Å²) in [4.78, 5) is 14.3. The van der Waals surface area contributed by atoms with Crippen molar-refractivity contribution in [3.8, 4) is 0 Å². The number of aliphatic hydroxyl groups excluding tert-OH is 1. The molecule has 4 saturated carbocycles. The minimum absolute atomic E-state index is 0.0567. The van der Waals surface area contributed by atoms with Gasteiger partial charge in [0, 0.05) is 43.9 Å². The molecule has 1 heterocycles. The molecule has 0 radical (unpaired) electrons. The lowest BCUT2D eigenvalue weighted by molar-refractivity contribution is -0.221. The highest BCUT2D eigenvalue weighted by Gasteiger charge is 2.70. The standard InChI is InChI=1S/C43H66N2O4S/c1-29(28-46)33-14-19-43(44-22-23-45-24-26-50(48,49)27-25-45)21-20-41(6)35(38(33)43)12-13-37-40(5)17-15-34(32-10-8-31(9-11-32)30(2)47)39(3,4)36(40)16-18-42(37,41)7/h8-11,15,29,33,35-38,44,46H,12-14,16-28H2,1-7H3. The van der Waals surface area contributed by atoms with Crippen LogP contribution in [0.15, 0.2) is 30.3 Å². The summed E-state index contributed by atoms with van der Waals surface area (Å²) in [5, 5.41) is 14.7. The molecule has 0 bridgehead atoms. The largest absolute Gasteiger partial charge is 0.396 e. The molecule has 278 valence electrons. The molecule has 50 heavy (non-hydrogen) atoms. The number of hydrogen-bond donors (Lipinski definition) is 2. The molecule has 5 aliphatic carbocycles. The molecule has 5 fully saturated rings. The highest BCUT2D eigenvalue weighted by molar-refractivity contribution is 7.91. The van der Waals surface area contributed by atoms with Crippen LogP contribution in [-0.4, -0.2) is 74.0 Å². The van der Waals surface area contributed by atoms with Crippen molar-refractivity contribution in [2.24, 2.45) is 57.2 Å². The van der Waals surface area contributed by atoms with Gasteiger partial charge >= 0.3 is 0 Å². The average molecular weight is 707 g/mol. The first-order valence-corrected chi connectivity index (χ1v) is 21.9. The second-order valence-electron chi connectivity index (χ2n) is 19.3. The van der Waals surface area contributed by atoms with Gasteiger partial charge in [0.1, 0.15) is 0 Å². The monoisotopic (exact) mass is 706 g/mol. The van der Waals surface area contributed by atoms with E-state index in [4.69, 9.17) is 0 Å². The van der Waals surface area contributed by atoms with E-state index in [0.29, 0.717) is 60.1 Å². The first kappa shape index (κ1) is 36.8. The summed E-state index contributed by atoms with van der Waals surface area (Å²) in [7, 11) is -2.87. The van der Waals surface area contributed by atoms with Gasteiger partial charge in [0.05, 0.1) is 11.5 Å². The lowest BCUT2D eigenvalue weighted by Gasteiger charge is -2.72. The van der Waals surface area contributed by atoms with Gasteiger partial charge in [-0.1, -0.05) is 71.9 Å². The fourth-order valence-corrected chi connectivity index (χ4v) is 15.4. The van der Waals surface area contributed by atoms with E-state index in [2.05, 4.69) is 70.0 Å². The molecule has 7 heteroatoms. The molecule has 0 spiro atoms. The Bertz CT molecular complexity index is 1590. The molecule has 1 saturated heterocycles. The van der Waals surface area contributed by atoms with Crippen molar-refractivity contribution in [2.45, 2.75) is 112 Å². The van der Waals surface area contributed by atoms with E-state index >= 15 is 0 Å². The second-order valence-corrected chi connectivity index (χ2v) is 21.6. The summed E-state index contributed by atoms with van der Waals surface area (Å²) in [5.41, 5.74) is 4.48. The minimum atomic E-state index is -2.87. The van der Waals surface area contributed by atoms with Gasteiger partial charge in [-0.2, -0.15) is 0 Å². The van der Waals surface area contributed by atoms with Crippen molar-refractivity contribution in [2.75, 3.05) is 44.3 Å². The highest BCUT2D eigenvalue weighted by atomic mass is 32.2. The number of hydrogen-bond acceptors (Lipinski definition) is 6. The van der Waals surface area contributed by atoms with Gasteiger partial charge in [-0.25, -0.2) is 8.42 Å². The van der Waals surface area contributed by atoms with Gasteiger partial charge < -0.3 is 15.3 Å². The number of nitrogens with zero attached hydrogens (tertiary/aromatic N) is 1. The van der Waals surface area contributed by atoms with E-state index in [1.165, 1.54) is 62.5 Å². The Kier molecular flexibility index (Phi) is 9.42. The van der Waals surface area contributed by atoms with Crippen LogP contribution in [0.5, 0.6) is 0 Å². The lowest BCUT2D eigenvalue weighted by Crippen LogP contribution is -2.68. The third-order valence-electron chi connectivity index (χ3n) is 17.0. The van der Waals surface area contributed by atoms with Gasteiger partial charge in [-0.05, 0) is 133 Å². The normalized spacial score (nSPS) is 42.7. The number of rotatable bonds is 8. The van der Waals surface area contributed by atoms with Crippen LogP contribution in [0.4, 0.5) is 0 Å². The molecule has 6 nitrogen and oxygen atoms in total. The number of carbonyl (C=O) groups excluding carboxylic acids is 1. The number of benzene rings is 1. The number of allylic oxidation sites excluding steroid dienone is 2. The zero-order chi connectivity index (χ0) is 35.9. The van der Waals surface area contributed by atoms with Crippen LogP contribution in [0, 0.1) is 57.2 Å². The second kappa shape index (κ2) is 12.8. The Balaban J connectivity index is 1.15. The number of fused-ring (bicyclic) bond motifs is 7. The van der Waals surface area contributed by atoms with Crippen LogP contribution in [0.1, 0.15) is 122 Å². The summed E-state index contributed by atoms with van der Waals surface area (Å²) in [5.74, 6) is 4.07. The fraction of sp³-hybridized carbons (Fsp3) is 0.791. The molecular weight excluding hydrogens is 641 g/mol. The molecule has 0 amide bonds. The Morgan fingerprint density at radius 1 is 0.920 bits per heavy atom. The van der Waals surface area contributed by atoms with Crippen molar-refractivity contribution >= 4 is 21.2 Å². The summed E-state index contributed by atoms with van der Waals surface area (Å²) < 4.78 is 24.1. The molecule has 0 aromatic heterocycles. The van der Waals surface area contributed by atoms with Crippen molar-refractivity contribution < 1.29 is 18.3 Å². The summed E-state index contributed by atoms with van der Waals surface area (Å²) in [6, 6.07) is 8.37. The molecular formula is C43H66N2O4S. The van der Waals surface area contributed by atoms with E-state index in [9.17, 15) is 18.3 Å². The Hall–Kier alpha value is -1.54. The third kappa shape index (κ3) is 5.64. The molecule has 6 aliphatic rings. The zero-order valence-corrected chi connectivity index (χ0v) is 33.0. The minimum Gasteiger partial charge on any atom is -0.396 e. The predicted octanol–water partition coefficient (Wildman–Crippen LogP) is 7.66. The van der Waals surface area contributed by atoms with Crippen LogP contribution in [0.25, 0.3) is 5.57 Å². The average Bonchev–Trinajstić information content (AvgIpc) is 3.45. The van der Waals surface area contributed by atoms with Crippen LogP contribution < -0.4 is 5.32 Å². The van der Waals surface area contributed by atoms with E-state index in [0.717, 1.165) is 25.1 Å². The number of ketones is 1. The van der Waals surface area contributed by atoms with Gasteiger partial charge in [0.2, 0.25) is 0 Å². The van der Waals surface area contributed by atoms with Crippen molar-refractivity contribution in [1.29, 1.82) is 0 Å². The molecule has 7 rings (SSSR count). The summed E-state index contributed by atoms with van der Waals surface area (Å²) in [6.07, 6.45) is 13.7. The zero-order valence-electron chi connectivity index (χ0n) is 32.2. The lowest BCUT2D eigenvalue weighted by atomic mass is 9.33. The SMILES string of the molecule is CC(=O)c1ccc(C2=CCC3(C)C(CCC4(C)C3CCC3C5C(C(C)CO)CCC5(NCCN5CCS(=O)(=O)CC5)CCC34C)C2(C)C)cc1. The number of sulfone groups is 1. The number of aliphatic hydroxyl groups is 1. The molecule has 1 aromatic rings. The topological polar surface area (TPSA) is 86.7 Å². The van der Waals surface area contributed by atoms with Gasteiger partial charge in [-0.3, -0.25) is 4.79 Å². The van der Waals surface area contributed by atoms with Crippen LogP contribution >= 0.6 is 0 Å². The number of Topliss-reactive ketones (excluding diaryl/α,β-unsaturated/α-hetero) is 1.